The van der Waals surface area contributed by atoms with Crippen molar-refractivity contribution in [1.29, 1.82) is 0 Å². The lowest BCUT2D eigenvalue weighted by molar-refractivity contribution is -0.139. The highest BCUT2D eigenvalue weighted by Gasteiger charge is 2.15. The summed E-state index contributed by atoms with van der Waals surface area (Å²) >= 11 is 2.77. The van der Waals surface area contributed by atoms with Crippen molar-refractivity contribution in [3.63, 3.8) is 0 Å². The fourth-order valence-corrected chi connectivity index (χ4v) is 3.96. The molecule has 8 heteroatoms. The van der Waals surface area contributed by atoms with E-state index in [2.05, 4.69) is 9.97 Å². The van der Waals surface area contributed by atoms with Gasteiger partial charge in [0.15, 0.2) is 12.4 Å². The van der Waals surface area contributed by atoms with Crippen LogP contribution in [-0.4, -0.2) is 34.1 Å². The van der Waals surface area contributed by atoms with Crippen molar-refractivity contribution in [2.45, 2.75) is 5.03 Å². The minimum Gasteiger partial charge on any atom is -0.457 e. The van der Waals surface area contributed by atoms with Crippen LogP contribution >= 0.6 is 23.1 Å². The van der Waals surface area contributed by atoms with Gasteiger partial charge in [-0.25, -0.2) is 9.97 Å². The number of benzene rings is 1. The van der Waals surface area contributed by atoms with E-state index in [9.17, 15) is 9.59 Å². The van der Waals surface area contributed by atoms with Gasteiger partial charge in [-0.3, -0.25) is 9.59 Å². The third-order valence-corrected chi connectivity index (χ3v) is 5.42. The van der Waals surface area contributed by atoms with E-state index in [0.29, 0.717) is 5.58 Å². The topological polar surface area (TPSA) is 82.3 Å². The van der Waals surface area contributed by atoms with Crippen LogP contribution in [0.2, 0.25) is 0 Å². The second-order valence-electron chi connectivity index (χ2n) is 5.34. The Bertz CT molecular complexity index is 1070. The van der Waals surface area contributed by atoms with Crippen LogP contribution in [0.3, 0.4) is 0 Å². The summed E-state index contributed by atoms with van der Waals surface area (Å²) in [6, 6.07) is 10.9. The van der Waals surface area contributed by atoms with Gasteiger partial charge in [0.2, 0.25) is 5.78 Å². The molecule has 0 spiro atoms. The second-order valence-corrected chi connectivity index (χ2v) is 7.20. The monoisotopic (exact) mass is 384 g/mol. The zero-order valence-electron chi connectivity index (χ0n) is 13.4. The summed E-state index contributed by atoms with van der Waals surface area (Å²) in [4.78, 5) is 33.3. The molecule has 4 aromatic rings. The predicted octanol–water partition coefficient (Wildman–Crippen LogP) is 3.96. The first-order valence-electron chi connectivity index (χ1n) is 7.69. The number of carbonyl (C=O) groups is 2. The molecule has 1 aromatic carbocycles. The van der Waals surface area contributed by atoms with E-state index in [0.717, 1.165) is 20.6 Å². The van der Waals surface area contributed by atoms with Crippen molar-refractivity contribution in [2.75, 3.05) is 12.4 Å². The lowest BCUT2D eigenvalue weighted by Gasteiger charge is -2.03. The van der Waals surface area contributed by atoms with Crippen LogP contribution < -0.4 is 0 Å². The van der Waals surface area contributed by atoms with E-state index < -0.39 is 5.97 Å². The lowest BCUT2D eigenvalue weighted by Crippen LogP contribution is -2.15. The fourth-order valence-electron chi connectivity index (χ4n) is 2.39. The van der Waals surface area contributed by atoms with Crippen molar-refractivity contribution in [2.24, 2.45) is 0 Å². The van der Waals surface area contributed by atoms with E-state index in [-0.39, 0.29) is 23.9 Å². The maximum atomic E-state index is 12.1. The van der Waals surface area contributed by atoms with Crippen LogP contribution in [0, 0.1) is 0 Å². The summed E-state index contributed by atoms with van der Waals surface area (Å²) in [7, 11) is 0. The van der Waals surface area contributed by atoms with Crippen molar-refractivity contribution >= 4 is 56.0 Å². The molecule has 0 fully saturated rings. The Morgan fingerprint density at radius 2 is 2.08 bits per heavy atom. The van der Waals surface area contributed by atoms with Crippen LogP contribution in [0.15, 0.2) is 57.5 Å². The molecule has 0 aliphatic carbocycles. The van der Waals surface area contributed by atoms with Gasteiger partial charge in [-0.15, -0.1) is 11.3 Å². The van der Waals surface area contributed by atoms with Gasteiger partial charge in [0.05, 0.1) is 5.75 Å². The molecule has 26 heavy (non-hydrogen) atoms. The first-order chi connectivity index (χ1) is 12.7. The molecule has 0 amide bonds. The fraction of sp³-hybridized carbons (Fsp3) is 0.111. The smallest absolute Gasteiger partial charge is 0.316 e. The Balaban J connectivity index is 1.33. The summed E-state index contributed by atoms with van der Waals surface area (Å²) in [5, 5.41) is 4.39. The van der Waals surface area contributed by atoms with E-state index in [1.54, 1.807) is 12.1 Å². The molecule has 0 aliphatic rings. The Morgan fingerprint density at radius 3 is 2.96 bits per heavy atom. The summed E-state index contributed by atoms with van der Waals surface area (Å²) in [6.45, 7) is -0.350. The molecule has 0 unspecified atom stereocenters. The van der Waals surface area contributed by atoms with Gasteiger partial charge in [-0.05, 0) is 23.6 Å². The largest absolute Gasteiger partial charge is 0.457 e. The Labute approximate surface area is 156 Å². The molecule has 130 valence electrons. The number of ether oxygens (including phenoxy) is 1. The van der Waals surface area contributed by atoms with Gasteiger partial charge in [0.1, 0.15) is 21.8 Å². The van der Waals surface area contributed by atoms with Gasteiger partial charge in [-0.1, -0.05) is 30.0 Å². The molecule has 0 radical (unpaired) electrons. The number of rotatable bonds is 6. The molecule has 0 bridgehead atoms. The van der Waals surface area contributed by atoms with Crippen LogP contribution in [0.5, 0.6) is 0 Å². The van der Waals surface area contributed by atoms with E-state index in [4.69, 9.17) is 9.15 Å². The standard InChI is InChI=1S/C18H12N2O4S2/c21-13(15-7-11-3-1-2-4-14(11)24-15)8-23-16(22)9-26-18-12-5-6-25-17(12)19-10-20-18/h1-7,10H,8-9H2. The Kier molecular flexibility index (Phi) is 4.68. The minimum absolute atomic E-state index is 0.0649. The molecule has 3 heterocycles. The molecule has 0 aliphatic heterocycles. The molecular formula is C18H12N2O4S2. The number of carbonyl (C=O) groups excluding carboxylic acids is 2. The van der Waals surface area contributed by atoms with Crippen molar-refractivity contribution in [3.8, 4) is 0 Å². The average molecular weight is 384 g/mol. The van der Waals surface area contributed by atoms with Crippen molar-refractivity contribution < 1.29 is 18.7 Å². The number of hydrogen-bond donors (Lipinski definition) is 0. The number of furan rings is 1. The first-order valence-corrected chi connectivity index (χ1v) is 9.55. The Hall–Kier alpha value is -2.71. The third kappa shape index (κ3) is 3.47. The number of para-hydroxylation sites is 1. The minimum atomic E-state index is -0.485. The van der Waals surface area contributed by atoms with Gasteiger partial charge >= 0.3 is 5.97 Å². The SMILES string of the molecule is O=C(CSc1ncnc2sccc12)OCC(=O)c1cc2ccccc2o1. The number of esters is 1. The van der Waals surface area contributed by atoms with Crippen LogP contribution in [0.25, 0.3) is 21.2 Å². The molecule has 0 saturated heterocycles. The zero-order valence-corrected chi connectivity index (χ0v) is 15.0. The van der Waals surface area contributed by atoms with Crippen LogP contribution in [0.4, 0.5) is 0 Å². The van der Waals surface area contributed by atoms with Gasteiger partial charge in [-0.2, -0.15) is 0 Å². The van der Waals surface area contributed by atoms with Gasteiger partial charge in [0.25, 0.3) is 0 Å². The van der Waals surface area contributed by atoms with E-state index >= 15 is 0 Å². The number of aromatic nitrogens is 2. The normalized spacial score (nSPS) is 11.1. The molecule has 4 rings (SSSR count). The van der Waals surface area contributed by atoms with Gasteiger partial charge in [0, 0.05) is 10.8 Å². The predicted molar refractivity (Wildman–Crippen MR) is 99.6 cm³/mol. The number of thiophene rings is 1. The first kappa shape index (κ1) is 16.7. The highest BCUT2D eigenvalue weighted by Crippen LogP contribution is 2.27. The van der Waals surface area contributed by atoms with Crippen LogP contribution in [-0.2, 0) is 9.53 Å². The van der Waals surface area contributed by atoms with E-state index in [1.165, 1.54) is 29.4 Å². The highest BCUT2D eigenvalue weighted by atomic mass is 32.2. The molecular weight excluding hydrogens is 372 g/mol. The number of thioether (sulfide) groups is 1. The van der Waals surface area contributed by atoms with Crippen molar-refractivity contribution in [1.82, 2.24) is 9.97 Å². The number of Topliss-reactive ketones (excluding diaryl/α,β-unsaturated/α-hetero) is 1. The van der Waals surface area contributed by atoms with Crippen molar-refractivity contribution in [3.05, 3.63) is 53.9 Å². The maximum absolute atomic E-state index is 12.1. The summed E-state index contributed by atoms with van der Waals surface area (Å²) < 4.78 is 10.5. The number of hydrogen-bond acceptors (Lipinski definition) is 8. The Morgan fingerprint density at radius 1 is 1.19 bits per heavy atom. The maximum Gasteiger partial charge on any atom is 0.316 e. The molecule has 0 atom stereocenters. The number of nitrogens with zero attached hydrogens (tertiary/aromatic N) is 2. The molecule has 0 N–H and O–H groups in total. The average Bonchev–Trinajstić information content (AvgIpc) is 3.31. The molecule has 6 nitrogen and oxygen atoms in total. The molecule has 0 saturated carbocycles. The highest BCUT2D eigenvalue weighted by molar-refractivity contribution is 8.00. The van der Waals surface area contributed by atoms with Gasteiger partial charge < -0.3 is 9.15 Å². The number of ketones is 1. The summed E-state index contributed by atoms with van der Waals surface area (Å²) in [5.74, 6) is -0.610. The quantitative estimate of drug-likeness (QED) is 0.215. The third-order valence-electron chi connectivity index (χ3n) is 3.62. The lowest BCUT2D eigenvalue weighted by atomic mass is 10.2. The summed E-state index contributed by atoms with van der Waals surface area (Å²) in [6.07, 6.45) is 1.47. The number of fused-ring (bicyclic) bond motifs is 2. The second kappa shape index (κ2) is 7.27. The van der Waals surface area contributed by atoms with E-state index in [1.807, 2.05) is 29.6 Å². The zero-order chi connectivity index (χ0) is 17.9. The summed E-state index contributed by atoms with van der Waals surface area (Å²) in [5.41, 5.74) is 0.626. The molecule has 3 aromatic heterocycles. The van der Waals surface area contributed by atoms with Crippen LogP contribution in [0.1, 0.15) is 10.6 Å².